The molecular formula is C16H18ClN3O. The first-order chi connectivity index (χ1) is 10.1. The van der Waals surface area contributed by atoms with Crippen molar-refractivity contribution in [2.75, 3.05) is 11.9 Å². The van der Waals surface area contributed by atoms with Crippen LogP contribution in [0.5, 0.6) is 0 Å². The van der Waals surface area contributed by atoms with Gasteiger partial charge in [-0.1, -0.05) is 17.7 Å². The molecule has 21 heavy (non-hydrogen) atoms. The van der Waals surface area contributed by atoms with Gasteiger partial charge in [-0.25, -0.2) is 0 Å². The predicted molar refractivity (Wildman–Crippen MR) is 85.5 cm³/mol. The quantitative estimate of drug-likeness (QED) is 0.892. The molecule has 4 nitrogen and oxygen atoms in total. The molecule has 0 bridgehead atoms. The average molecular weight is 304 g/mol. The van der Waals surface area contributed by atoms with Crippen LogP contribution in [0.1, 0.15) is 16.7 Å². The Morgan fingerprint density at radius 2 is 1.95 bits per heavy atom. The summed E-state index contributed by atoms with van der Waals surface area (Å²) >= 11 is 6.17. The van der Waals surface area contributed by atoms with Gasteiger partial charge in [-0.15, -0.1) is 0 Å². The highest BCUT2D eigenvalue weighted by Gasteiger charge is 2.09. The molecule has 0 saturated heterocycles. The third-order valence-electron chi connectivity index (χ3n) is 3.06. The van der Waals surface area contributed by atoms with E-state index in [1.54, 1.807) is 12.4 Å². The molecule has 2 rings (SSSR count). The van der Waals surface area contributed by atoms with Crippen molar-refractivity contribution in [2.45, 2.75) is 20.4 Å². The molecule has 0 atom stereocenters. The number of nitrogens with one attached hydrogen (secondary N) is 2. The van der Waals surface area contributed by atoms with Gasteiger partial charge in [0.2, 0.25) is 5.91 Å². The fourth-order valence-electron chi connectivity index (χ4n) is 2.08. The zero-order valence-electron chi connectivity index (χ0n) is 12.1. The Bertz CT molecular complexity index is 606. The van der Waals surface area contributed by atoms with Crippen molar-refractivity contribution in [1.29, 1.82) is 0 Å². The van der Waals surface area contributed by atoms with Crippen molar-refractivity contribution in [3.8, 4) is 0 Å². The largest absolute Gasteiger partial charge is 0.323 e. The van der Waals surface area contributed by atoms with Crippen LogP contribution in [0.4, 0.5) is 5.69 Å². The molecule has 1 amide bonds. The number of pyridine rings is 1. The molecule has 1 aromatic heterocycles. The fraction of sp³-hybridized carbons (Fsp3) is 0.250. The maximum atomic E-state index is 11.9. The third kappa shape index (κ3) is 4.55. The van der Waals surface area contributed by atoms with E-state index in [9.17, 15) is 4.79 Å². The zero-order chi connectivity index (χ0) is 15.2. The Morgan fingerprint density at radius 3 is 2.62 bits per heavy atom. The highest BCUT2D eigenvalue weighted by molar-refractivity contribution is 6.34. The Labute approximate surface area is 129 Å². The van der Waals surface area contributed by atoms with Crippen LogP contribution in [0.25, 0.3) is 0 Å². The predicted octanol–water partition coefficient (Wildman–Crippen LogP) is 3.08. The normalized spacial score (nSPS) is 10.4. The first-order valence-electron chi connectivity index (χ1n) is 6.72. The molecule has 0 spiro atoms. The number of hydrogen-bond acceptors (Lipinski definition) is 3. The lowest BCUT2D eigenvalue weighted by Crippen LogP contribution is -2.28. The summed E-state index contributed by atoms with van der Waals surface area (Å²) in [5.41, 5.74) is 3.80. The summed E-state index contributed by atoms with van der Waals surface area (Å²) in [5.74, 6) is -0.113. The lowest BCUT2D eigenvalue weighted by Gasteiger charge is -2.12. The van der Waals surface area contributed by atoms with Crippen LogP contribution in [0.3, 0.4) is 0 Å². The van der Waals surface area contributed by atoms with Gasteiger partial charge in [0.05, 0.1) is 17.3 Å². The molecule has 0 radical (unpaired) electrons. The van der Waals surface area contributed by atoms with Crippen LogP contribution in [-0.2, 0) is 11.3 Å². The molecule has 0 aliphatic rings. The summed E-state index contributed by atoms with van der Waals surface area (Å²) in [7, 11) is 0. The number of carbonyl (C=O) groups excluding carboxylic acids is 1. The summed E-state index contributed by atoms with van der Waals surface area (Å²) in [6, 6.07) is 7.65. The van der Waals surface area contributed by atoms with Gasteiger partial charge in [-0.05, 0) is 48.7 Å². The monoisotopic (exact) mass is 303 g/mol. The van der Waals surface area contributed by atoms with Crippen molar-refractivity contribution in [3.63, 3.8) is 0 Å². The third-order valence-corrected chi connectivity index (χ3v) is 3.36. The van der Waals surface area contributed by atoms with E-state index >= 15 is 0 Å². The van der Waals surface area contributed by atoms with Crippen LogP contribution in [0.15, 0.2) is 36.7 Å². The van der Waals surface area contributed by atoms with Gasteiger partial charge in [-0.2, -0.15) is 0 Å². The standard InChI is InChI=1S/C16H18ClN3O/c1-11-7-12(2)16(14(17)8-11)20-15(21)10-19-9-13-3-5-18-6-4-13/h3-8,19H,9-10H2,1-2H3,(H,20,21). The second-order valence-electron chi connectivity index (χ2n) is 4.95. The number of halogens is 1. The summed E-state index contributed by atoms with van der Waals surface area (Å²) < 4.78 is 0. The van der Waals surface area contributed by atoms with Gasteiger partial charge < -0.3 is 10.6 Å². The molecule has 1 aromatic carbocycles. The number of anilines is 1. The number of carbonyl (C=O) groups is 1. The summed E-state index contributed by atoms with van der Waals surface area (Å²) in [6.07, 6.45) is 3.46. The van der Waals surface area contributed by atoms with Gasteiger partial charge in [0.1, 0.15) is 0 Å². The number of nitrogens with zero attached hydrogens (tertiary/aromatic N) is 1. The molecular weight excluding hydrogens is 286 g/mol. The Kier molecular flexibility index (Phi) is 5.31. The first kappa shape index (κ1) is 15.5. The van der Waals surface area contributed by atoms with E-state index in [-0.39, 0.29) is 12.5 Å². The van der Waals surface area contributed by atoms with Crippen LogP contribution < -0.4 is 10.6 Å². The van der Waals surface area contributed by atoms with Gasteiger partial charge >= 0.3 is 0 Å². The minimum absolute atomic E-state index is 0.113. The molecule has 0 unspecified atom stereocenters. The van der Waals surface area contributed by atoms with Crippen molar-refractivity contribution >= 4 is 23.2 Å². The van der Waals surface area contributed by atoms with E-state index in [2.05, 4.69) is 15.6 Å². The van der Waals surface area contributed by atoms with Crippen molar-refractivity contribution < 1.29 is 4.79 Å². The fourth-order valence-corrected chi connectivity index (χ4v) is 2.45. The number of hydrogen-bond donors (Lipinski definition) is 2. The Balaban J connectivity index is 1.88. The second kappa shape index (κ2) is 7.20. The van der Waals surface area contributed by atoms with Crippen LogP contribution in [-0.4, -0.2) is 17.4 Å². The van der Waals surface area contributed by atoms with E-state index in [1.807, 2.05) is 38.1 Å². The SMILES string of the molecule is Cc1cc(C)c(NC(=O)CNCc2ccncc2)c(Cl)c1. The molecule has 2 aromatic rings. The zero-order valence-corrected chi connectivity index (χ0v) is 12.9. The maximum Gasteiger partial charge on any atom is 0.238 e. The lowest BCUT2D eigenvalue weighted by molar-refractivity contribution is -0.115. The van der Waals surface area contributed by atoms with Crippen molar-refractivity contribution in [2.24, 2.45) is 0 Å². The van der Waals surface area contributed by atoms with Crippen molar-refractivity contribution in [1.82, 2.24) is 10.3 Å². The van der Waals surface area contributed by atoms with E-state index in [0.29, 0.717) is 17.3 Å². The molecule has 5 heteroatoms. The van der Waals surface area contributed by atoms with Crippen molar-refractivity contribution in [3.05, 3.63) is 58.4 Å². The van der Waals surface area contributed by atoms with Crippen LogP contribution >= 0.6 is 11.6 Å². The maximum absolute atomic E-state index is 11.9. The summed E-state index contributed by atoms with van der Waals surface area (Å²) in [5, 5.41) is 6.50. The van der Waals surface area contributed by atoms with Crippen LogP contribution in [0, 0.1) is 13.8 Å². The van der Waals surface area contributed by atoms with E-state index in [0.717, 1.165) is 16.7 Å². The van der Waals surface area contributed by atoms with E-state index in [1.165, 1.54) is 0 Å². The van der Waals surface area contributed by atoms with E-state index in [4.69, 9.17) is 11.6 Å². The number of amides is 1. The van der Waals surface area contributed by atoms with E-state index < -0.39 is 0 Å². The number of aryl methyl sites for hydroxylation is 2. The first-order valence-corrected chi connectivity index (χ1v) is 7.10. The minimum atomic E-state index is -0.113. The minimum Gasteiger partial charge on any atom is -0.323 e. The molecule has 0 saturated carbocycles. The molecule has 0 aliphatic heterocycles. The number of rotatable bonds is 5. The molecule has 1 heterocycles. The molecule has 0 aliphatic carbocycles. The lowest BCUT2D eigenvalue weighted by atomic mass is 10.1. The number of benzene rings is 1. The highest BCUT2D eigenvalue weighted by atomic mass is 35.5. The number of aromatic nitrogens is 1. The topological polar surface area (TPSA) is 54.0 Å². The highest BCUT2D eigenvalue weighted by Crippen LogP contribution is 2.27. The average Bonchev–Trinajstić information content (AvgIpc) is 2.44. The summed E-state index contributed by atoms with van der Waals surface area (Å²) in [4.78, 5) is 15.9. The van der Waals surface area contributed by atoms with Gasteiger partial charge in [0.15, 0.2) is 0 Å². The molecule has 110 valence electrons. The second-order valence-corrected chi connectivity index (χ2v) is 5.35. The van der Waals surface area contributed by atoms with Crippen LogP contribution in [0.2, 0.25) is 5.02 Å². The molecule has 2 N–H and O–H groups in total. The Morgan fingerprint density at radius 1 is 1.24 bits per heavy atom. The molecule has 0 fully saturated rings. The van der Waals surface area contributed by atoms with Gasteiger partial charge in [0.25, 0.3) is 0 Å². The summed E-state index contributed by atoms with van der Waals surface area (Å²) in [6.45, 7) is 4.75. The smallest absolute Gasteiger partial charge is 0.238 e. The van der Waals surface area contributed by atoms with Gasteiger partial charge in [0, 0.05) is 18.9 Å². The Hall–Kier alpha value is -1.91. The van der Waals surface area contributed by atoms with Gasteiger partial charge in [-0.3, -0.25) is 9.78 Å².